The van der Waals surface area contributed by atoms with Crippen LogP contribution in [0.25, 0.3) is 31.0 Å². The van der Waals surface area contributed by atoms with Crippen molar-refractivity contribution in [2.24, 2.45) is 0 Å². The summed E-state index contributed by atoms with van der Waals surface area (Å²) in [5.74, 6) is -0.0625. The van der Waals surface area contributed by atoms with E-state index in [0.717, 1.165) is 11.3 Å². The molecule has 29 heavy (non-hydrogen) atoms. The molecule has 0 amide bonds. The van der Waals surface area contributed by atoms with Crippen LogP contribution < -0.4 is 0 Å². The van der Waals surface area contributed by atoms with E-state index in [1.807, 2.05) is 18.2 Å². The van der Waals surface area contributed by atoms with Crippen molar-refractivity contribution in [3.63, 3.8) is 0 Å². The minimum absolute atomic E-state index is 0. The van der Waals surface area contributed by atoms with Crippen LogP contribution in [0.15, 0.2) is 84.6 Å². The van der Waals surface area contributed by atoms with Crippen molar-refractivity contribution in [3.8, 4) is 21.3 Å². The molecule has 0 saturated carbocycles. The summed E-state index contributed by atoms with van der Waals surface area (Å²) in [6.45, 7) is 2.85. The van der Waals surface area contributed by atoms with Crippen LogP contribution in [-0.2, 0) is 24.9 Å². The number of pyridine rings is 1. The fraction of sp³-hybridized carbons (Fsp3) is 0.0833. The summed E-state index contributed by atoms with van der Waals surface area (Å²) in [7, 11) is 0. The van der Waals surface area contributed by atoms with E-state index in [2.05, 4.69) is 60.7 Å². The quantitative estimate of drug-likeness (QED) is 0.143. The average molecular weight is 626 g/mol. The number of rotatable bonds is 3. The summed E-state index contributed by atoms with van der Waals surface area (Å²) in [6, 6.07) is 28.4. The first kappa shape index (κ1) is 23.0. The normalized spacial score (nSPS) is 10.6. The molecular formula is C24H20IrNO2Se-. The molecule has 4 aromatic rings. The second-order valence-electron chi connectivity index (χ2n) is 6.24. The van der Waals surface area contributed by atoms with Crippen LogP contribution in [0.5, 0.6) is 0 Å². The molecule has 149 valence electrons. The number of carbonyl (C=O) groups is 1. The molecule has 0 fully saturated rings. The number of benzene rings is 2. The van der Waals surface area contributed by atoms with Crippen molar-refractivity contribution >= 4 is 30.1 Å². The van der Waals surface area contributed by atoms with Crippen molar-refractivity contribution in [2.45, 2.75) is 13.8 Å². The third-order valence-electron chi connectivity index (χ3n) is 3.84. The Morgan fingerprint density at radius 2 is 1.76 bits per heavy atom. The molecule has 1 N–H and O–H groups in total. The maximum absolute atomic E-state index is 10.0. The molecule has 0 unspecified atom stereocenters. The number of aromatic nitrogens is 1. The van der Waals surface area contributed by atoms with Crippen LogP contribution in [-0.4, -0.2) is 30.4 Å². The molecule has 1 radical (unpaired) electrons. The van der Waals surface area contributed by atoms with Crippen molar-refractivity contribution in [3.05, 3.63) is 90.7 Å². The number of fused-ring (bicyclic) bond motifs is 1. The topological polar surface area (TPSA) is 50.2 Å². The molecule has 2 aromatic carbocycles. The minimum atomic E-state index is -0.125. The van der Waals surface area contributed by atoms with Gasteiger partial charge in [0.05, 0.1) is 5.76 Å². The van der Waals surface area contributed by atoms with Gasteiger partial charge in [0, 0.05) is 26.2 Å². The Labute approximate surface area is 190 Å². The summed E-state index contributed by atoms with van der Waals surface area (Å²) >= 11 is 0.279. The van der Waals surface area contributed by atoms with E-state index in [1.165, 1.54) is 39.7 Å². The van der Waals surface area contributed by atoms with E-state index >= 15 is 0 Å². The third kappa shape index (κ3) is 6.62. The molecule has 2 aromatic heterocycles. The molecule has 0 saturated heterocycles. The van der Waals surface area contributed by atoms with Gasteiger partial charge < -0.3 is 5.11 Å². The zero-order valence-corrected chi connectivity index (χ0v) is 20.2. The Hall–Kier alpha value is -2.29. The van der Waals surface area contributed by atoms with Crippen molar-refractivity contribution in [1.82, 2.24) is 4.98 Å². The molecule has 3 nitrogen and oxygen atoms in total. The van der Waals surface area contributed by atoms with Crippen molar-refractivity contribution < 1.29 is 30.0 Å². The van der Waals surface area contributed by atoms with Gasteiger partial charge in [-0.15, -0.1) is 0 Å². The van der Waals surface area contributed by atoms with Crippen LogP contribution >= 0.6 is 0 Å². The van der Waals surface area contributed by atoms with Gasteiger partial charge in [-0.3, -0.25) is 4.79 Å². The predicted octanol–water partition coefficient (Wildman–Crippen LogP) is 5.46. The molecule has 0 aliphatic carbocycles. The fourth-order valence-electron chi connectivity index (χ4n) is 2.66. The summed E-state index contributed by atoms with van der Waals surface area (Å²) in [6.07, 6.45) is 1.17. The van der Waals surface area contributed by atoms with Crippen LogP contribution in [0.2, 0.25) is 0 Å². The summed E-state index contributed by atoms with van der Waals surface area (Å²) < 4.78 is 2.62. The van der Waals surface area contributed by atoms with Gasteiger partial charge in [0.15, 0.2) is 5.78 Å². The zero-order chi connectivity index (χ0) is 19.9. The van der Waals surface area contributed by atoms with Gasteiger partial charge in [0.2, 0.25) is 0 Å². The summed E-state index contributed by atoms with van der Waals surface area (Å²) in [5.41, 5.74) is 3.38. The molecule has 0 aliphatic heterocycles. The Balaban J connectivity index is 0.000000327. The van der Waals surface area contributed by atoms with Crippen LogP contribution in [0.4, 0.5) is 0 Å². The molecular weight excluding hydrogens is 605 g/mol. The Morgan fingerprint density at radius 3 is 2.34 bits per heavy atom. The Kier molecular flexibility index (Phi) is 8.75. The SMILES string of the molecule is CC(=O)/C=C(/C)O.[Ir].[c-]1ccccc1-c1ccc2cc(-c3ccccc3)[se]c2n1. The first-order valence-electron chi connectivity index (χ1n) is 8.84. The number of ketones is 1. The molecule has 0 atom stereocenters. The number of allylic oxidation sites excluding steroid dienone is 2. The molecule has 0 aliphatic rings. The van der Waals surface area contributed by atoms with Crippen molar-refractivity contribution in [2.75, 3.05) is 0 Å². The Bertz CT molecular complexity index is 1060. The summed E-state index contributed by atoms with van der Waals surface area (Å²) in [5, 5.41) is 9.62. The molecule has 2 heterocycles. The second-order valence-corrected chi connectivity index (χ2v) is 8.40. The number of aliphatic hydroxyl groups excluding tert-OH is 1. The first-order chi connectivity index (χ1) is 13.5. The zero-order valence-electron chi connectivity index (χ0n) is 16.0. The molecule has 5 heteroatoms. The van der Waals surface area contributed by atoms with E-state index in [1.54, 1.807) is 0 Å². The molecule has 4 rings (SSSR count). The van der Waals surface area contributed by atoms with Crippen molar-refractivity contribution in [1.29, 1.82) is 0 Å². The third-order valence-corrected chi connectivity index (χ3v) is 6.13. The number of hydrogen-bond donors (Lipinski definition) is 1. The second kappa shape index (κ2) is 11.0. The standard InChI is InChI=1S/C19H12NSe.C5H8O2.Ir/c1-3-7-14(8-4-1)17-12-11-16-13-18(21-19(16)20-17)15-9-5-2-6-10-15;1-4(6)3-5(2)7;/h1-7,9-13H;3,6H,1-2H3;/q-1;;/b;4-3-;. The van der Waals surface area contributed by atoms with E-state index in [-0.39, 0.29) is 46.2 Å². The van der Waals surface area contributed by atoms with Gasteiger partial charge in [0.25, 0.3) is 0 Å². The van der Waals surface area contributed by atoms with Gasteiger partial charge in [-0.25, -0.2) is 0 Å². The first-order valence-corrected chi connectivity index (χ1v) is 10.5. The monoisotopic (exact) mass is 627 g/mol. The van der Waals surface area contributed by atoms with E-state index in [0.29, 0.717) is 0 Å². The number of hydrogen-bond acceptors (Lipinski definition) is 3. The van der Waals surface area contributed by atoms with Crippen LogP contribution in [0, 0.1) is 6.07 Å². The molecule has 0 bridgehead atoms. The van der Waals surface area contributed by atoms with Gasteiger partial charge in [-0.2, -0.15) is 0 Å². The number of aliphatic hydroxyl groups is 1. The Morgan fingerprint density at radius 1 is 1.03 bits per heavy atom. The van der Waals surface area contributed by atoms with E-state index in [9.17, 15) is 4.79 Å². The van der Waals surface area contributed by atoms with Crippen LogP contribution in [0.3, 0.4) is 0 Å². The predicted molar refractivity (Wildman–Crippen MR) is 115 cm³/mol. The van der Waals surface area contributed by atoms with Gasteiger partial charge in [0.1, 0.15) is 0 Å². The average Bonchev–Trinajstić information content (AvgIpc) is 3.12. The van der Waals surface area contributed by atoms with E-state index in [4.69, 9.17) is 10.1 Å². The molecule has 0 spiro atoms. The van der Waals surface area contributed by atoms with E-state index < -0.39 is 0 Å². The number of nitrogens with zero attached hydrogens (tertiary/aromatic N) is 1. The van der Waals surface area contributed by atoms with Gasteiger partial charge in [-0.1, -0.05) is 0 Å². The van der Waals surface area contributed by atoms with Crippen LogP contribution in [0.1, 0.15) is 13.8 Å². The van der Waals surface area contributed by atoms with Gasteiger partial charge in [-0.05, 0) is 13.8 Å². The fourth-order valence-corrected chi connectivity index (χ4v) is 4.83. The summed E-state index contributed by atoms with van der Waals surface area (Å²) in [4.78, 5) is 14.9. The number of carbonyl (C=O) groups excluding carboxylic acids is 1. The maximum atomic E-state index is 10.0. The van der Waals surface area contributed by atoms with Gasteiger partial charge >= 0.3 is 129 Å².